The van der Waals surface area contributed by atoms with E-state index in [9.17, 15) is 9.59 Å². The molecule has 2 amide bonds. The highest BCUT2D eigenvalue weighted by Gasteiger charge is 2.25. The fraction of sp³-hybridized carbons (Fsp3) is 0.333. The number of aromatic nitrogens is 2. The maximum Gasteiger partial charge on any atom is 0.266 e. The molecule has 104 valence electrons. The molecule has 1 fully saturated rings. The molecular weight excluding hydrogens is 278 g/mol. The maximum atomic E-state index is 12.5. The highest BCUT2D eigenvalue weighted by molar-refractivity contribution is 7.21. The van der Waals surface area contributed by atoms with Gasteiger partial charge in [-0.25, -0.2) is 0 Å². The van der Waals surface area contributed by atoms with Crippen molar-refractivity contribution in [2.45, 2.75) is 6.42 Å². The van der Waals surface area contributed by atoms with Gasteiger partial charge in [-0.05, 0) is 12.5 Å². The van der Waals surface area contributed by atoms with E-state index in [1.807, 2.05) is 0 Å². The molecule has 3 N–H and O–H groups in total. The average molecular weight is 291 g/mol. The topological polar surface area (TPSA) is 101 Å². The first-order valence-electron chi connectivity index (χ1n) is 6.22. The van der Waals surface area contributed by atoms with Gasteiger partial charge < -0.3 is 16.0 Å². The van der Waals surface area contributed by atoms with Gasteiger partial charge in [0.2, 0.25) is 5.91 Å². The van der Waals surface area contributed by atoms with Crippen LogP contribution in [0.15, 0.2) is 12.3 Å². The molecule has 1 saturated heterocycles. The summed E-state index contributed by atoms with van der Waals surface area (Å²) in [5.41, 5.74) is 6.43. The lowest BCUT2D eigenvalue weighted by molar-refractivity contribution is -0.121. The number of nitrogens with two attached hydrogens (primary N) is 1. The predicted molar refractivity (Wildman–Crippen MR) is 75.4 cm³/mol. The van der Waals surface area contributed by atoms with Crippen LogP contribution in [0.5, 0.6) is 0 Å². The Morgan fingerprint density at radius 2 is 2.35 bits per heavy atom. The molecule has 1 aliphatic rings. The Morgan fingerprint density at radius 3 is 3.15 bits per heavy atom. The minimum absolute atomic E-state index is 0.0677. The molecular formula is C12H13N5O2S. The summed E-state index contributed by atoms with van der Waals surface area (Å²) < 4.78 is 0. The Kier molecular flexibility index (Phi) is 3.23. The first-order chi connectivity index (χ1) is 9.66. The third-order valence-corrected chi connectivity index (χ3v) is 4.26. The third kappa shape index (κ3) is 2.18. The molecule has 7 nitrogen and oxygen atoms in total. The number of rotatable bonds is 1. The van der Waals surface area contributed by atoms with Crippen molar-refractivity contribution in [3.8, 4) is 0 Å². The Hall–Kier alpha value is -2.22. The van der Waals surface area contributed by atoms with Gasteiger partial charge in [-0.15, -0.1) is 16.4 Å². The molecule has 0 spiro atoms. The van der Waals surface area contributed by atoms with E-state index in [4.69, 9.17) is 5.73 Å². The second-order valence-electron chi connectivity index (χ2n) is 4.53. The third-order valence-electron chi connectivity index (χ3n) is 3.16. The molecule has 3 rings (SSSR count). The molecule has 0 unspecified atom stereocenters. The molecule has 3 heterocycles. The average Bonchev–Trinajstić information content (AvgIpc) is 2.64. The molecule has 20 heavy (non-hydrogen) atoms. The molecule has 2 aromatic heterocycles. The number of fused-ring (bicyclic) bond motifs is 1. The summed E-state index contributed by atoms with van der Waals surface area (Å²) in [5.74, 6) is -0.363. The molecule has 1 aliphatic heterocycles. The number of nitrogens with one attached hydrogen (secondary N) is 1. The van der Waals surface area contributed by atoms with E-state index in [1.165, 1.54) is 16.2 Å². The van der Waals surface area contributed by atoms with Crippen molar-refractivity contribution >= 4 is 39.1 Å². The Bertz CT molecular complexity index is 684. The first-order valence-corrected chi connectivity index (χ1v) is 7.04. The first kappa shape index (κ1) is 12.8. The number of nitrogen functional groups attached to an aromatic ring is 1. The summed E-state index contributed by atoms with van der Waals surface area (Å²) in [6, 6.07) is 1.74. The van der Waals surface area contributed by atoms with Gasteiger partial charge in [0.25, 0.3) is 5.91 Å². The summed E-state index contributed by atoms with van der Waals surface area (Å²) in [6.07, 6.45) is 2.28. The summed E-state index contributed by atoms with van der Waals surface area (Å²) in [7, 11) is 0. The van der Waals surface area contributed by atoms with Crippen molar-refractivity contribution in [3.05, 3.63) is 17.1 Å². The van der Waals surface area contributed by atoms with Crippen LogP contribution in [0.3, 0.4) is 0 Å². The van der Waals surface area contributed by atoms with Gasteiger partial charge in [-0.1, -0.05) is 0 Å². The lowest BCUT2D eigenvalue weighted by atomic mass is 10.2. The van der Waals surface area contributed by atoms with Crippen molar-refractivity contribution in [3.63, 3.8) is 0 Å². The smallest absolute Gasteiger partial charge is 0.266 e. The Balaban J connectivity index is 1.95. The molecule has 8 heteroatoms. The highest BCUT2D eigenvalue weighted by Crippen LogP contribution is 2.32. The van der Waals surface area contributed by atoms with E-state index >= 15 is 0 Å². The summed E-state index contributed by atoms with van der Waals surface area (Å²) in [5, 5.41) is 11.2. The molecule has 0 radical (unpaired) electrons. The van der Waals surface area contributed by atoms with Crippen molar-refractivity contribution in [1.29, 1.82) is 0 Å². The number of carbonyl (C=O) groups is 2. The lowest BCUT2D eigenvalue weighted by Crippen LogP contribution is -2.37. The van der Waals surface area contributed by atoms with Crippen LogP contribution in [0.4, 0.5) is 5.69 Å². The number of carbonyl (C=O) groups excluding carboxylic acids is 2. The SMILES string of the molecule is Nc1c(C(=O)N2CCCNC(=O)C2)sc2nnccc12. The maximum absolute atomic E-state index is 12.5. The largest absolute Gasteiger partial charge is 0.397 e. The predicted octanol–water partition coefficient (Wildman–Crippen LogP) is 0.236. The van der Waals surface area contributed by atoms with Gasteiger partial charge in [0, 0.05) is 18.5 Å². The van der Waals surface area contributed by atoms with Gasteiger partial charge in [0.05, 0.1) is 18.4 Å². The molecule has 0 atom stereocenters. The van der Waals surface area contributed by atoms with E-state index < -0.39 is 0 Å². The van der Waals surface area contributed by atoms with E-state index in [0.29, 0.717) is 28.5 Å². The number of thiophene rings is 1. The quantitative estimate of drug-likeness (QED) is 0.783. The standard InChI is InChI=1S/C12H13N5O2S/c13-9-7-2-4-15-16-11(7)20-10(9)12(19)17-5-1-3-14-8(18)6-17/h2,4H,1,3,5-6,13H2,(H,14,18). The van der Waals surface area contributed by atoms with Gasteiger partial charge in [0.15, 0.2) is 0 Å². The van der Waals surface area contributed by atoms with Crippen LogP contribution in [0.25, 0.3) is 10.2 Å². The zero-order valence-corrected chi connectivity index (χ0v) is 11.4. The summed E-state index contributed by atoms with van der Waals surface area (Å²) >= 11 is 1.21. The summed E-state index contributed by atoms with van der Waals surface area (Å²) in [6.45, 7) is 1.20. The van der Waals surface area contributed by atoms with Gasteiger partial charge in [-0.2, -0.15) is 5.10 Å². The monoisotopic (exact) mass is 291 g/mol. The van der Waals surface area contributed by atoms with Crippen molar-refractivity contribution in [2.24, 2.45) is 0 Å². The van der Waals surface area contributed by atoms with Gasteiger partial charge >= 0.3 is 0 Å². The van der Waals surface area contributed by atoms with Crippen LogP contribution in [0, 0.1) is 0 Å². The van der Waals surface area contributed by atoms with Crippen LogP contribution in [-0.2, 0) is 4.79 Å². The summed E-state index contributed by atoms with van der Waals surface area (Å²) in [4.78, 5) is 26.6. The number of hydrogen-bond donors (Lipinski definition) is 2. The van der Waals surface area contributed by atoms with Crippen molar-refractivity contribution in [2.75, 3.05) is 25.4 Å². The van der Waals surface area contributed by atoms with Gasteiger partial charge in [-0.3, -0.25) is 9.59 Å². The Labute approximate surface area is 118 Å². The minimum atomic E-state index is -0.220. The minimum Gasteiger partial charge on any atom is -0.397 e. The van der Waals surface area contributed by atoms with Crippen molar-refractivity contribution in [1.82, 2.24) is 20.4 Å². The van der Waals surface area contributed by atoms with E-state index in [2.05, 4.69) is 15.5 Å². The van der Waals surface area contributed by atoms with Crippen LogP contribution >= 0.6 is 11.3 Å². The van der Waals surface area contributed by atoms with Crippen molar-refractivity contribution < 1.29 is 9.59 Å². The number of nitrogens with zero attached hydrogens (tertiary/aromatic N) is 3. The van der Waals surface area contributed by atoms with Crippen LogP contribution in [0.1, 0.15) is 16.1 Å². The number of amides is 2. The second kappa shape index (κ2) is 5.04. The molecule has 0 aromatic carbocycles. The molecule has 0 aliphatic carbocycles. The highest BCUT2D eigenvalue weighted by atomic mass is 32.1. The fourth-order valence-corrected chi connectivity index (χ4v) is 3.16. The van der Waals surface area contributed by atoms with E-state index in [-0.39, 0.29) is 18.4 Å². The molecule has 0 bridgehead atoms. The van der Waals surface area contributed by atoms with E-state index in [1.54, 1.807) is 12.3 Å². The zero-order chi connectivity index (χ0) is 14.1. The van der Waals surface area contributed by atoms with Gasteiger partial charge in [0.1, 0.15) is 9.71 Å². The number of hydrogen-bond acceptors (Lipinski definition) is 6. The molecule has 0 saturated carbocycles. The lowest BCUT2D eigenvalue weighted by Gasteiger charge is -2.18. The molecule has 2 aromatic rings. The fourth-order valence-electron chi connectivity index (χ4n) is 2.15. The van der Waals surface area contributed by atoms with E-state index in [0.717, 1.165) is 11.8 Å². The zero-order valence-electron chi connectivity index (χ0n) is 10.6. The van der Waals surface area contributed by atoms with Crippen LogP contribution < -0.4 is 11.1 Å². The normalized spacial score (nSPS) is 16.0. The second-order valence-corrected chi connectivity index (χ2v) is 5.52. The number of anilines is 1. The Morgan fingerprint density at radius 1 is 1.50 bits per heavy atom. The van der Waals surface area contributed by atoms with Crippen LogP contribution in [-0.4, -0.2) is 46.5 Å². The van der Waals surface area contributed by atoms with Crippen LogP contribution in [0.2, 0.25) is 0 Å².